The number of hydrogen-bond donors (Lipinski definition) is 0. The number of piperidine rings is 1. The molecule has 1 aliphatic heterocycles. The first-order valence-electron chi connectivity index (χ1n) is 9.72. The van der Waals surface area contributed by atoms with Crippen molar-refractivity contribution in [1.29, 1.82) is 5.26 Å². The summed E-state index contributed by atoms with van der Waals surface area (Å²) >= 11 is 0. The van der Waals surface area contributed by atoms with Gasteiger partial charge in [-0.2, -0.15) is 5.26 Å². The lowest BCUT2D eigenvalue weighted by Gasteiger charge is -2.29. The Morgan fingerprint density at radius 3 is 2.26 bits per heavy atom. The highest BCUT2D eigenvalue weighted by atomic mass is 16.2. The first-order chi connectivity index (χ1) is 13.2. The van der Waals surface area contributed by atoms with E-state index in [4.69, 9.17) is 5.26 Å². The quantitative estimate of drug-likeness (QED) is 0.777. The summed E-state index contributed by atoms with van der Waals surface area (Å²) in [6.45, 7) is 2.92. The first-order valence-corrected chi connectivity index (χ1v) is 9.72. The predicted molar refractivity (Wildman–Crippen MR) is 108 cm³/mol. The fourth-order valence-corrected chi connectivity index (χ4v) is 3.51. The molecule has 2 aromatic rings. The molecular weight excluding hydrogens is 334 g/mol. The van der Waals surface area contributed by atoms with Gasteiger partial charge in [-0.1, -0.05) is 24.3 Å². The largest absolute Gasteiger partial charge is 0.372 e. The predicted octanol–water partition coefficient (Wildman–Crippen LogP) is 4.14. The molecule has 0 atom stereocenters. The molecule has 4 nitrogen and oxygen atoms in total. The van der Waals surface area contributed by atoms with Gasteiger partial charge in [0.15, 0.2) is 0 Å². The molecule has 0 unspecified atom stereocenters. The first kappa shape index (κ1) is 19.0. The highest BCUT2D eigenvalue weighted by Crippen LogP contribution is 2.20. The standard InChI is InChI=1S/C23H27N3O/c1-25(23(27)14-11-19-5-7-20(17-24)8-6-19)18-21-9-12-22(13-10-21)26-15-3-2-4-16-26/h5-10,12-13H,2-4,11,14-16,18H2,1H3. The SMILES string of the molecule is CN(Cc1ccc(N2CCCCC2)cc1)C(=O)CCc1ccc(C#N)cc1. The van der Waals surface area contributed by atoms with Crippen molar-refractivity contribution in [3.05, 3.63) is 65.2 Å². The highest BCUT2D eigenvalue weighted by Gasteiger charge is 2.12. The molecule has 1 heterocycles. The fraction of sp³-hybridized carbons (Fsp3) is 0.391. The van der Waals surface area contributed by atoms with Crippen molar-refractivity contribution in [2.75, 3.05) is 25.0 Å². The highest BCUT2D eigenvalue weighted by molar-refractivity contribution is 5.76. The van der Waals surface area contributed by atoms with Crippen LogP contribution in [-0.2, 0) is 17.8 Å². The van der Waals surface area contributed by atoms with Crippen LogP contribution in [0.2, 0.25) is 0 Å². The maximum absolute atomic E-state index is 12.4. The monoisotopic (exact) mass is 361 g/mol. The Morgan fingerprint density at radius 2 is 1.63 bits per heavy atom. The van der Waals surface area contributed by atoms with Crippen LogP contribution in [-0.4, -0.2) is 30.9 Å². The Balaban J connectivity index is 1.49. The van der Waals surface area contributed by atoms with E-state index in [-0.39, 0.29) is 5.91 Å². The summed E-state index contributed by atoms with van der Waals surface area (Å²) in [6, 6.07) is 18.2. The van der Waals surface area contributed by atoms with Crippen molar-refractivity contribution in [1.82, 2.24) is 4.90 Å². The van der Waals surface area contributed by atoms with E-state index < -0.39 is 0 Å². The summed E-state index contributed by atoms with van der Waals surface area (Å²) < 4.78 is 0. The van der Waals surface area contributed by atoms with Gasteiger partial charge in [-0.3, -0.25) is 4.79 Å². The number of nitrogens with zero attached hydrogens (tertiary/aromatic N) is 3. The molecule has 0 bridgehead atoms. The molecule has 0 aromatic heterocycles. The zero-order valence-corrected chi connectivity index (χ0v) is 16.0. The molecule has 27 heavy (non-hydrogen) atoms. The second-order valence-corrected chi connectivity index (χ2v) is 7.27. The molecule has 1 amide bonds. The number of carbonyl (C=O) groups excluding carboxylic acids is 1. The van der Waals surface area contributed by atoms with Crippen molar-refractivity contribution in [2.24, 2.45) is 0 Å². The van der Waals surface area contributed by atoms with Gasteiger partial charge in [0.25, 0.3) is 0 Å². The zero-order valence-electron chi connectivity index (χ0n) is 16.0. The number of carbonyl (C=O) groups is 1. The molecular formula is C23H27N3O. The van der Waals surface area contributed by atoms with Crippen LogP contribution in [0.5, 0.6) is 0 Å². The topological polar surface area (TPSA) is 47.3 Å². The van der Waals surface area contributed by atoms with Gasteiger partial charge in [0, 0.05) is 38.8 Å². The number of hydrogen-bond acceptors (Lipinski definition) is 3. The van der Waals surface area contributed by atoms with Gasteiger partial charge < -0.3 is 9.80 Å². The van der Waals surface area contributed by atoms with E-state index in [1.54, 1.807) is 17.0 Å². The molecule has 0 N–H and O–H groups in total. The number of anilines is 1. The van der Waals surface area contributed by atoms with Crippen LogP contribution in [0.1, 0.15) is 42.4 Å². The second-order valence-electron chi connectivity index (χ2n) is 7.27. The maximum atomic E-state index is 12.4. The molecule has 0 spiro atoms. The minimum absolute atomic E-state index is 0.138. The third-order valence-electron chi connectivity index (χ3n) is 5.21. The van der Waals surface area contributed by atoms with Crippen LogP contribution in [0.15, 0.2) is 48.5 Å². The van der Waals surface area contributed by atoms with Crippen LogP contribution in [0, 0.1) is 11.3 Å². The van der Waals surface area contributed by atoms with Gasteiger partial charge >= 0.3 is 0 Å². The average Bonchev–Trinajstić information content (AvgIpc) is 2.73. The van der Waals surface area contributed by atoms with E-state index >= 15 is 0 Å². The third-order valence-corrected chi connectivity index (χ3v) is 5.21. The molecule has 140 valence electrons. The van der Waals surface area contributed by atoms with Gasteiger partial charge in [0.2, 0.25) is 5.91 Å². The minimum atomic E-state index is 0.138. The summed E-state index contributed by atoms with van der Waals surface area (Å²) in [5.41, 5.74) is 4.18. The van der Waals surface area contributed by atoms with E-state index in [9.17, 15) is 4.79 Å². The summed E-state index contributed by atoms with van der Waals surface area (Å²) in [5, 5.41) is 8.84. The van der Waals surface area contributed by atoms with Crippen molar-refractivity contribution in [3.8, 4) is 6.07 Å². The van der Waals surface area contributed by atoms with E-state index in [2.05, 4.69) is 35.2 Å². The molecule has 1 fully saturated rings. The molecule has 0 aliphatic carbocycles. The van der Waals surface area contributed by atoms with Gasteiger partial charge in [-0.05, 0) is 61.1 Å². The van der Waals surface area contributed by atoms with Crippen LogP contribution < -0.4 is 4.90 Å². The van der Waals surface area contributed by atoms with Gasteiger partial charge in [0.1, 0.15) is 0 Å². The molecule has 1 saturated heterocycles. The number of rotatable bonds is 6. The lowest BCUT2D eigenvalue weighted by Crippen LogP contribution is -2.29. The van der Waals surface area contributed by atoms with Gasteiger partial charge in [-0.25, -0.2) is 0 Å². The van der Waals surface area contributed by atoms with Crippen LogP contribution in [0.25, 0.3) is 0 Å². The summed E-state index contributed by atoms with van der Waals surface area (Å²) in [6.07, 6.45) is 5.07. The average molecular weight is 361 g/mol. The lowest BCUT2D eigenvalue weighted by atomic mass is 10.1. The van der Waals surface area contributed by atoms with E-state index in [1.165, 1.54) is 24.9 Å². The summed E-state index contributed by atoms with van der Waals surface area (Å²) in [4.78, 5) is 16.7. The Morgan fingerprint density at radius 1 is 1.00 bits per heavy atom. The maximum Gasteiger partial charge on any atom is 0.222 e. The number of nitriles is 1. The third kappa shape index (κ3) is 5.34. The van der Waals surface area contributed by atoms with E-state index in [0.29, 0.717) is 24.9 Å². The van der Waals surface area contributed by atoms with E-state index in [0.717, 1.165) is 24.2 Å². The lowest BCUT2D eigenvalue weighted by molar-refractivity contribution is -0.130. The number of benzene rings is 2. The zero-order chi connectivity index (χ0) is 19.1. The molecule has 1 aliphatic rings. The molecule has 0 radical (unpaired) electrons. The molecule has 2 aromatic carbocycles. The van der Waals surface area contributed by atoms with Gasteiger partial charge in [-0.15, -0.1) is 0 Å². The van der Waals surface area contributed by atoms with Crippen LogP contribution in [0.3, 0.4) is 0 Å². The molecule has 3 rings (SSSR count). The van der Waals surface area contributed by atoms with Crippen molar-refractivity contribution in [3.63, 3.8) is 0 Å². The Labute approximate surface area is 162 Å². The van der Waals surface area contributed by atoms with Crippen molar-refractivity contribution < 1.29 is 4.79 Å². The second kappa shape index (κ2) is 9.23. The Kier molecular flexibility index (Phi) is 6.49. The Bertz CT molecular complexity index is 784. The van der Waals surface area contributed by atoms with Crippen LogP contribution >= 0.6 is 0 Å². The normalized spacial score (nSPS) is 13.9. The number of amides is 1. The number of aryl methyl sites for hydroxylation is 1. The van der Waals surface area contributed by atoms with Crippen molar-refractivity contribution >= 4 is 11.6 Å². The van der Waals surface area contributed by atoms with E-state index in [1.807, 2.05) is 19.2 Å². The van der Waals surface area contributed by atoms with Gasteiger partial charge in [0.05, 0.1) is 11.6 Å². The smallest absolute Gasteiger partial charge is 0.222 e. The molecule has 4 heteroatoms. The fourth-order valence-electron chi connectivity index (χ4n) is 3.51. The summed E-state index contributed by atoms with van der Waals surface area (Å²) in [7, 11) is 1.86. The summed E-state index contributed by atoms with van der Waals surface area (Å²) in [5.74, 6) is 0.138. The van der Waals surface area contributed by atoms with Crippen LogP contribution in [0.4, 0.5) is 5.69 Å². The minimum Gasteiger partial charge on any atom is -0.372 e. The molecule has 0 saturated carbocycles. The van der Waals surface area contributed by atoms with Crippen molar-refractivity contribution in [2.45, 2.75) is 38.6 Å². The Hall–Kier alpha value is -2.80.